The third-order valence-electron chi connectivity index (χ3n) is 2.90. The summed E-state index contributed by atoms with van der Waals surface area (Å²) in [5.41, 5.74) is 0. The first-order valence-electron chi connectivity index (χ1n) is 5.50. The van der Waals surface area contributed by atoms with Crippen molar-refractivity contribution in [2.75, 3.05) is 19.6 Å². The zero-order chi connectivity index (χ0) is 9.40. The van der Waals surface area contributed by atoms with E-state index in [-0.39, 0.29) is 0 Å². The summed E-state index contributed by atoms with van der Waals surface area (Å²) in [7, 11) is 0. The number of hydrogen-bond donors (Lipinski definition) is 0. The van der Waals surface area contributed by atoms with E-state index in [1.165, 1.54) is 29.6 Å². The van der Waals surface area contributed by atoms with Gasteiger partial charge in [0.2, 0.25) is 0 Å². The van der Waals surface area contributed by atoms with Gasteiger partial charge in [0.15, 0.2) is 0 Å². The van der Waals surface area contributed by atoms with Crippen LogP contribution < -0.4 is 0 Å². The second-order valence-electron chi connectivity index (χ2n) is 3.50. The maximum atomic E-state index is 2.56. The van der Waals surface area contributed by atoms with Crippen molar-refractivity contribution in [1.29, 1.82) is 0 Å². The Morgan fingerprint density at radius 3 is 1.75 bits per heavy atom. The molecule has 0 rings (SSSR count). The Hall–Kier alpha value is 0.596. The molecule has 72 valence electrons. The average Bonchev–Trinajstić information content (AvgIpc) is 2.13. The molecule has 0 aromatic rings. The van der Waals surface area contributed by atoms with E-state index in [9.17, 15) is 0 Å². The minimum absolute atomic E-state index is 0.761. The van der Waals surface area contributed by atoms with Crippen molar-refractivity contribution < 1.29 is 0 Å². The third kappa shape index (κ3) is 5.28. The summed E-state index contributed by atoms with van der Waals surface area (Å²) in [6.45, 7) is 13.1. The predicted molar refractivity (Wildman–Crippen MR) is 59.3 cm³/mol. The maximum absolute atomic E-state index is 2.56. The van der Waals surface area contributed by atoms with Gasteiger partial charge in [0.05, 0.1) is 0 Å². The van der Waals surface area contributed by atoms with Crippen molar-refractivity contribution >= 4 is 16.2 Å². The van der Waals surface area contributed by atoms with Crippen LogP contribution >= 0.6 is 0 Å². The second kappa shape index (κ2) is 8.21. The van der Waals surface area contributed by atoms with Crippen molar-refractivity contribution in [3.63, 3.8) is 0 Å². The molecule has 1 nitrogen and oxygen atoms in total. The van der Waals surface area contributed by atoms with E-state index < -0.39 is 16.2 Å². The van der Waals surface area contributed by atoms with Crippen molar-refractivity contribution in [2.45, 2.75) is 42.6 Å². The second-order valence-corrected chi connectivity index (χ2v) is 11.8. The molecular formula is C10H24GaN. The summed E-state index contributed by atoms with van der Waals surface area (Å²) in [5, 5.41) is 0. The van der Waals surface area contributed by atoms with Crippen LogP contribution in [-0.2, 0) is 0 Å². The normalized spacial score (nSPS) is 10.8. The van der Waals surface area contributed by atoms with Crippen molar-refractivity contribution in [1.82, 2.24) is 4.90 Å². The van der Waals surface area contributed by atoms with E-state index in [1.807, 2.05) is 0 Å². The first-order chi connectivity index (χ1) is 5.78. The van der Waals surface area contributed by atoms with Gasteiger partial charge in [0, 0.05) is 0 Å². The fraction of sp³-hybridized carbons (Fsp3) is 1.00. The van der Waals surface area contributed by atoms with Crippen LogP contribution in [0.5, 0.6) is 0 Å². The van der Waals surface area contributed by atoms with Crippen LogP contribution in [-0.4, -0.2) is 40.8 Å². The molecule has 0 aliphatic heterocycles. The van der Waals surface area contributed by atoms with Crippen LogP contribution in [0.25, 0.3) is 0 Å². The Morgan fingerprint density at radius 1 is 0.917 bits per heavy atom. The molecule has 0 amide bonds. The topological polar surface area (TPSA) is 3.24 Å². The molecule has 0 aromatic carbocycles. The molecule has 0 atom stereocenters. The predicted octanol–water partition coefficient (Wildman–Crippen LogP) is 2.86. The van der Waals surface area contributed by atoms with Gasteiger partial charge in [-0.15, -0.1) is 0 Å². The quantitative estimate of drug-likeness (QED) is 0.605. The molecule has 0 fully saturated rings. The molecule has 0 aliphatic rings. The van der Waals surface area contributed by atoms with Crippen molar-refractivity contribution in [2.24, 2.45) is 0 Å². The molecular weight excluding hydrogens is 204 g/mol. The molecule has 0 N–H and O–H groups in total. The van der Waals surface area contributed by atoms with Crippen LogP contribution in [0.15, 0.2) is 0 Å². The van der Waals surface area contributed by atoms with Crippen LogP contribution in [0.1, 0.15) is 27.7 Å². The zero-order valence-corrected chi connectivity index (χ0v) is 11.7. The minimum atomic E-state index is -0.761. The number of rotatable bonds is 7. The van der Waals surface area contributed by atoms with Gasteiger partial charge in [0.1, 0.15) is 0 Å². The standard InChI is InChI=1S/C6H14N.2C2H5.Ga/c1-4-7(5-2)6-3;2*1-2;/h1,4-6H2,2-3H3;2*1H2,2H3;. The summed E-state index contributed by atoms with van der Waals surface area (Å²) in [4.78, 5) is 7.20. The van der Waals surface area contributed by atoms with Crippen molar-refractivity contribution in [3.8, 4) is 0 Å². The van der Waals surface area contributed by atoms with Gasteiger partial charge in [0.25, 0.3) is 0 Å². The van der Waals surface area contributed by atoms with E-state index in [4.69, 9.17) is 0 Å². The zero-order valence-electron chi connectivity index (χ0n) is 9.27. The van der Waals surface area contributed by atoms with Gasteiger partial charge in [-0.05, 0) is 0 Å². The average molecular weight is 228 g/mol. The number of hydrogen-bond acceptors (Lipinski definition) is 1. The van der Waals surface area contributed by atoms with Crippen molar-refractivity contribution in [3.05, 3.63) is 0 Å². The molecule has 0 aromatic heterocycles. The number of nitrogens with zero attached hydrogens (tertiary/aromatic N) is 1. The molecule has 2 heteroatoms. The Kier molecular flexibility index (Phi) is 8.61. The van der Waals surface area contributed by atoms with E-state index in [0.29, 0.717) is 0 Å². The third-order valence-corrected chi connectivity index (χ3v) is 10.0. The van der Waals surface area contributed by atoms with Crippen LogP contribution in [0.2, 0.25) is 14.9 Å². The van der Waals surface area contributed by atoms with E-state index in [0.717, 1.165) is 0 Å². The molecule has 0 saturated carbocycles. The summed E-state index contributed by atoms with van der Waals surface area (Å²) in [6.07, 6.45) is 0. The van der Waals surface area contributed by atoms with E-state index in [1.54, 1.807) is 4.98 Å². The van der Waals surface area contributed by atoms with E-state index in [2.05, 4.69) is 32.6 Å². The summed E-state index contributed by atoms with van der Waals surface area (Å²) in [6, 6.07) is 0. The molecule has 0 spiro atoms. The molecule has 0 aliphatic carbocycles. The Morgan fingerprint density at radius 2 is 1.42 bits per heavy atom. The summed E-state index contributed by atoms with van der Waals surface area (Å²) >= 11 is -0.761. The molecule has 0 heterocycles. The summed E-state index contributed by atoms with van der Waals surface area (Å²) < 4.78 is 0. The van der Waals surface area contributed by atoms with E-state index >= 15 is 0 Å². The fourth-order valence-corrected chi connectivity index (χ4v) is 6.06. The van der Waals surface area contributed by atoms with Crippen LogP contribution in [0, 0.1) is 0 Å². The Labute approximate surface area is 83.6 Å². The van der Waals surface area contributed by atoms with Gasteiger partial charge < -0.3 is 0 Å². The fourth-order valence-electron chi connectivity index (χ4n) is 1.60. The van der Waals surface area contributed by atoms with Gasteiger partial charge in [-0.25, -0.2) is 0 Å². The Bertz CT molecular complexity index is 75.8. The molecule has 0 radical (unpaired) electrons. The van der Waals surface area contributed by atoms with Gasteiger partial charge in [-0.2, -0.15) is 0 Å². The van der Waals surface area contributed by atoms with Gasteiger partial charge in [-0.3, -0.25) is 0 Å². The van der Waals surface area contributed by atoms with Crippen LogP contribution in [0.4, 0.5) is 0 Å². The first kappa shape index (κ1) is 12.6. The van der Waals surface area contributed by atoms with Gasteiger partial charge in [-0.1, -0.05) is 0 Å². The monoisotopic (exact) mass is 227 g/mol. The molecule has 0 bridgehead atoms. The first-order valence-corrected chi connectivity index (χ1v) is 10.6. The Balaban J connectivity index is 3.49. The van der Waals surface area contributed by atoms with Crippen LogP contribution in [0.3, 0.4) is 0 Å². The van der Waals surface area contributed by atoms with Gasteiger partial charge >= 0.3 is 83.4 Å². The molecule has 0 unspecified atom stereocenters. The summed E-state index contributed by atoms with van der Waals surface area (Å²) in [5.74, 6) is 0. The molecule has 12 heavy (non-hydrogen) atoms. The SMILES string of the molecule is CCN(CC)C[CH2][Ga]([CH2]C)[CH2]C. The molecule has 0 saturated heterocycles.